The maximum atomic E-state index is 12.1. The van der Waals surface area contributed by atoms with E-state index in [4.69, 9.17) is 5.11 Å². The summed E-state index contributed by atoms with van der Waals surface area (Å²) < 4.78 is 144. The highest BCUT2D eigenvalue weighted by atomic mass is 19.4. The Bertz CT molecular complexity index is 371. The summed E-state index contributed by atoms with van der Waals surface area (Å²) in [4.78, 5) is 0. The number of halogens is 12. The molecular weight excluding hydrogens is 354 g/mol. The second kappa shape index (κ2) is 5.70. The number of nitrogens with one attached hydrogen (secondary N) is 1. The summed E-state index contributed by atoms with van der Waals surface area (Å²) in [6.45, 7) is 0. The maximum Gasteiger partial charge on any atom is 0.430 e. The first-order chi connectivity index (χ1) is 9.34. The molecule has 2 nitrogen and oxygen atoms in total. The molecule has 0 rings (SSSR count). The zero-order valence-electron chi connectivity index (χ0n) is 9.71. The number of rotatable bonds is 3. The zero-order valence-corrected chi connectivity index (χ0v) is 9.71. The second-order valence-electron chi connectivity index (χ2n) is 3.78. The first kappa shape index (κ1) is 20.7. The largest absolute Gasteiger partial charge is 0.430 e. The summed E-state index contributed by atoms with van der Waals surface area (Å²) >= 11 is 0. The van der Waals surface area contributed by atoms with Crippen molar-refractivity contribution < 1.29 is 57.8 Å². The number of aliphatic hydroxyl groups is 1. The van der Waals surface area contributed by atoms with Crippen molar-refractivity contribution in [3.63, 3.8) is 0 Å². The highest BCUT2D eigenvalue weighted by Gasteiger charge is 2.69. The molecule has 0 atom stereocenters. The predicted octanol–water partition coefficient (Wildman–Crippen LogP) is 3.44. The fourth-order valence-electron chi connectivity index (χ4n) is 0.989. The van der Waals surface area contributed by atoms with Crippen molar-refractivity contribution in [3.05, 3.63) is 12.3 Å². The van der Waals surface area contributed by atoms with Crippen molar-refractivity contribution in [1.82, 2.24) is 5.32 Å². The number of hydrogen-bond acceptors (Lipinski definition) is 2. The molecule has 2 N–H and O–H groups in total. The number of alkyl halides is 12. The van der Waals surface area contributed by atoms with E-state index in [1.807, 2.05) is 0 Å². The van der Waals surface area contributed by atoms with Crippen molar-refractivity contribution in [2.24, 2.45) is 0 Å². The molecule has 14 heteroatoms. The van der Waals surface area contributed by atoms with Crippen LogP contribution in [-0.2, 0) is 0 Å². The van der Waals surface area contributed by atoms with Gasteiger partial charge in [-0.25, -0.2) is 0 Å². The lowest BCUT2D eigenvalue weighted by molar-refractivity contribution is -0.347. The molecule has 0 unspecified atom stereocenters. The summed E-state index contributed by atoms with van der Waals surface area (Å²) in [5.41, 5.74) is -5.62. The third kappa shape index (κ3) is 4.58. The molecule has 0 saturated heterocycles. The van der Waals surface area contributed by atoms with Gasteiger partial charge in [-0.05, 0) is 12.3 Å². The van der Waals surface area contributed by atoms with Crippen molar-refractivity contribution in [2.75, 3.05) is 0 Å². The maximum absolute atomic E-state index is 12.1. The van der Waals surface area contributed by atoms with Gasteiger partial charge in [-0.15, -0.1) is 0 Å². The summed E-state index contributed by atoms with van der Waals surface area (Å²) in [5.74, 6) is 0. The van der Waals surface area contributed by atoms with E-state index in [0.717, 1.165) is 0 Å². The van der Waals surface area contributed by atoms with Gasteiger partial charge in [0.2, 0.25) is 6.04 Å². The van der Waals surface area contributed by atoms with Gasteiger partial charge in [0.05, 0.1) is 0 Å². The van der Waals surface area contributed by atoms with Crippen LogP contribution in [0.25, 0.3) is 0 Å². The first-order valence-corrected chi connectivity index (χ1v) is 4.77. The molecule has 0 amide bonds. The Morgan fingerprint density at radius 2 is 1.00 bits per heavy atom. The summed E-state index contributed by atoms with van der Waals surface area (Å²) in [5, 5.41) is 8.77. The fourth-order valence-corrected chi connectivity index (χ4v) is 0.989. The monoisotopic (exact) mass is 359 g/mol. The lowest BCUT2D eigenvalue weighted by Crippen LogP contribution is -2.56. The Kier molecular flexibility index (Phi) is 5.35. The molecule has 0 spiro atoms. The smallest absolute Gasteiger partial charge is 0.373 e. The van der Waals surface area contributed by atoms with E-state index in [0.29, 0.717) is 5.32 Å². The summed E-state index contributed by atoms with van der Waals surface area (Å²) in [6, 6.07) is -4.41. The van der Waals surface area contributed by atoms with Crippen molar-refractivity contribution >= 4 is 0 Å². The predicted molar refractivity (Wildman–Crippen MR) is 45.2 cm³/mol. The van der Waals surface area contributed by atoms with E-state index in [2.05, 4.69) is 0 Å². The van der Waals surface area contributed by atoms with E-state index in [9.17, 15) is 52.7 Å². The quantitative estimate of drug-likeness (QED) is 0.757. The molecule has 0 aromatic rings. The van der Waals surface area contributed by atoms with E-state index in [1.54, 1.807) is 0 Å². The molecule has 0 fully saturated rings. The Morgan fingerprint density at radius 1 is 0.682 bits per heavy atom. The summed E-state index contributed by atoms with van der Waals surface area (Å²) in [7, 11) is 0. The van der Waals surface area contributed by atoms with Gasteiger partial charge < -0.3 is 10.4 Å². The topological polar surface area (TPSA) is 32.3 Å². The molecule has 0 saturated carbocycles. The van der Waals surface area contributed by atoms with E-state index in [1.165, 1.54) is 0 Å². The van der Waals surface area contributed by atoms with Gasteiger partial charge in [-0.2, -0.15) is 52.7 Å². The fraction of sp³-hybridized carbons (Fsp3) is 0.750. The average Bonchev–Trinajstić information content (AvgIpc) is 2.16. The molecule has 0 aromatic heterocycles. The van der Waals surface area contributed by atoms with E-state index < -0.39 is 48.6 Å². The van der Waals surface area contributed by atoms with Crippen molar-refractivity contribution in [1.29, 1.82) is 0 Å². The van der Waals surface area contributed by atoms with Crippen LogP contribution in [0.4, 0.5) is 52.7 Å². The van der Waals surface area contributed by atoms with Crippen LogP contribution in [0, 0.1) is 0 Å². The average molecular weight is 359 g/mol. The normalized spacial score (nSPS) is 15.7. The van der Waals surface area contributed by atoms with Gasteiger partial charge in [0.25, 0.3) is 5.60 Å². The Morgan fingerprint density at radius 3 is 1.23 bits per heavy atom. The second-order valence-corrected chi connectivity index (χ2v) is 3.78. The van der Waals surface area contributed by atoms with Gasteiger partial charge in [0.1, 0.15) is 0 Å². The van der Waals surface area contributed by atoms with Crippen LogP contribution in [0.15, 0.2) is 12.3 Å². The molecule has 0 bridgehead atoms. The molecule has 0 aliphatic carbocycles. The van der Waals surface area contributed by atoms with E-state index >= 15 is 0 Å². The van der Waals surface area contributed by atoms with Crippen molar-refractivity contribution in [2.45, 2.75) is 36.3 Å². The van der Waals surface area contributed by atoms with Gasteiger partial charge in [-0.3, -0.25) is 0 Å². The SMILES string of the molecule is OC(/C=C/NC(C(F)(F)F)C(F)(F)F)(C(F)(F)F)C(F)(F)F. The van der Waals surface area contributed by atoms with Gasteiger partial charge >= 0.3 is 24.7 Å². The molecule has 0 aliphatic heterocycles. The molecule has 0 radical (unpaired) electrons. The van der Waals surface area contributed by atoms with E-state index in [-0.39, 0.29) is 0 Å². The van der Waals surface area contributed by atoms with Crippen LogP contribution < -0.4 is 5.32 Å². The van der Waals surface area contributed by atoms with Crippen LogP contribution in [0.5, 0.6) is 0 Å². The molecule has 132 valence electrons. The van der Waals surface area contributed by atoms with Crippen LogP contribution in [0.3, 0.4) is 0 Å². The highest BCUT2D eigenvalue weighted by Crippen LogP contribution is 2.44. The Balaban J connectivity index is 5.48. The standard InChI is InChI=1S/C8H5F12NO/c9-5(10,11)3(6(12,13)14)21-2-1-4(22,7(15,16)17)8(18,19)20/h1-3,21-22H/b2-1+. The lowest BCUT2D eigenvalue weighted by atomic mass is 10.0. The minimum atomic E-state index is -6.42. The number of hydrogen-bond donors (Lipinski definition) is 2. The van der Waals surface area contributed by atoms with Crippen LogP contribution >= 0.6 is 0 Å². The Hall–Kier alpha value is -1.34. The molecule has 0 heterocycles. The lowest BCUT2D eigenvalue weighted by Gasteiger charge is -2.30. The van der Waals surface area contributed by atoms with Gasteiger partial charge in [0.15, 0.2) is 0 Å². The molecule has 0 aliphatic rings. The minimum Gasteiger partial charge on any atom is -0.373 e. The van der Waals surface area contributed by atoms with Gasteiger partial charge in [0, 0.05) is 0 Å². The zero-order chi connectivity index (χ0) is 18.2. The van der Waals surface area contributed by atoms with Gasteiger partial charge in [-0.1, -0.05) is 0 Å². The Labute approximate surface area is 113 Å². The van der Waals surface area contributed by atoms with Crippen LogP contribution in [0.1, 0.15) is 0 Å². The van der Waals surface area contributed by atoms with Crippen molar-refractivity contribution in [3.8, 4) is 0 Å². The molecular formula is C8H5F12NO. The molecule has 0 aromatic carbocycles. The third-order valence-electron chi connectivity index (χ3n) is 2.11. The van der Waals surface area contributed by atoms with Crippen LogP contribution in [0.2, 0.25) is 0 Å². The highest BCUT2D eigenvalue weighted by molar-refractivity contribution is 5.10. The van der Waals surface area contributed by atoms with Crippen LogP contribution in [-0.4, -0.2) is 41.5 Å². The first-order valence-electron chi connectivity index (χ1n) is 4.77. The molecule has 22 heavy (non-hydrogen) atoms. The summed E-state index contributed by atoms with van der Waals surface area (Å²) in [6.07, 6.45) is -27.1. The minimum absolute atomic E-state index is 0.309. The third-order valence-corrected chi connectivity index (χ3v) is 2.11.